The van der Waals surface area contributed by atoms with Gasteiger partial charge in [-0.25, -0.2) is 12.7 Å². The fourth-order valence-electron chi connectivity index (χ4n) is 5.78. The van der Waals surface area contributed by atoms with Gasteiger partial charge >= 0.3 is 0 Å². The Labute approximate surface area is 222 Å². The van der Waals surface area contributed by atoms with Crippen LogP contribution < -0.4 is 5.73 Å². The van der Waals surface area contributed by atoms with Crippen LogP contribution in [0.4, 0.5) is 0 Å². The minimum Gasteiger partial charge on any atom is -0.393 e. The normalized spacial score (nSPS) is 19.1. The summed E-state index contributed by atoms with van der Waals surface area (Å²) in [7, 11) is -3.29. The molecule has 2 aliphatic heterocycles. The van der Waals surface area contributed by atoms with Crippen molar-refractivity contribution in [2.45, 2.75) is 50.5 Å². The van der Waals surface area contributed by atoms with Crippen LogP contribution in [-0.2, 0) is 21.2 Å². The van der Waals surface area contributed by atoms with Crippen LogP contribution in [0.5, 0.6) is 0 Å². The molecule has 8 nitrogen and oxygen atoms in total. The van der Waals surface area contributed by atoms with Crippen molar-refractivity contribution in [2.24, 2.45) is 5.73 Å². The van der Waals surface area contributed by atoms with Crippen molar-refractivity contribution in [2.75, 3.05) is 38.5 Å². The Bertz CT molecular complexity index is 1320. The van der Waals surface area contributed by atoms with Crippen molar-refractivity contribution in [3.63, 3.8) is 0 Å². The number of aliphatic hydroxyl groups is 1. The van der Waals surface area contributed by atoms with E-state index in [1.54, 1.807) is 15.6 Å². The molecule has 0 bridgehead atoms. The number of hydrogen-bond donors (Lipinski definition) is 3. The second kappa shape index (κ2) is 11.2. The first-order valence-corrected chi connectivity index (χ1v) is 15.7. The van der Waals surface area contributed by atoms with Gasteiger partial charge in [0, 0.05) is 43.3 Å². The molecule has 0 aliphatic carbocycles. The highest BCUT2D eigenvalue weighted by Gasteiger charge is 2.30. The quantitative estimate of drug-likeness (QED) is 0.382. The lowest BCUT2D eigenvalue weighted by atomic mass is 9.88. The number of aromatic nitrogens is 1. The Morgan fingerprint density at radius 1 is 1.11 bits per heavy atom. The van der Waals surface area contributed by atoms with Crippen molar-refractivity contribution in [1.82, 2.24) is 14.2 Å². The smallest absolute Gasteiger partial charge is 0.221 e. The molecule has 3 aromatic rings. The predicted octanol–water partition coefficient (Wildman–Crippen LogP) is 3.28. The molecule has 1 amide bonds. The molecular weight excluding hydrogens is 508 g/mol. The Morgan fingerprint density at radius 3 is 2.54 bits per heavy atom. The van der Waals surface area contributed by atoms with E-state index < -0.39 is 10.0 Å². The molecule has 4 heterocycles. The van der Waals surface area contributed by atoms with Crippen molar-refractivity contribution in [3.05, 3.63) is 46.3 Å². The van der Waals surface area contributed by atoms with Gasteiger partial charge in [0.25, 0.3) is 0 Å². The van der Waals surface area contributed by atoms with E-state index in [-0.39, 0.29) is 30.1 Å². The Balaban J connectivity index is 1.25. The van der Waals surface area contributed by atoms with Crippen LogP contribution in [0.25, 0.3) is 22.0 Å². The number of sulfonamides is 1. The van der Waals surface area contributed by atoms with Gasteiger partial charge in [-0.1, -0.05) is 0 Å². The third-order valence-electron chi connectivity index (χ3n) is 7.84. The molecule has 2 fully saturated rings. The maximum absolute atomic E-state index is 13.0. The molecule has 37 heavy (non-hydrogen) atoms. The lowest BCUT2D eigenvalue weighted by molar-refractivity contribution is -0.117. The van der Waals surface area contributed by atoms with E-state index >= 15 is 0 Å². The van der Waals surface area contributed by atoms with Gasteiger partial charge in [0.05, 0.1) is 18.3 Å². The molecular formula is C27H36N4O4S2. The number of thiophene rings is 1. The lowest BCUT2D eigenvalue weighted by Crippen LogP contribution is -2.40. The molecule has 0 unspecified atom stereocenters. The number of aliphatic hydroxyl groups excluding tert-OH is 1. The third-order valence-corrected chi connectivity index (χ3v) is 10.5. The summed E-state index contributed by atoms with van der Waals surface area (Å²) in [6, 6.07) is 6.29. The number of benzene rings is 1. The fraction of sp³-hybridized carbons (Fsp3) is 0.519. The Morgan fingerprint density at radius 2 is 1.86 bits per heavy atom. The molecule has 2 aliphatic rings. The van der Waals surface area contributed by atoms with E-state index in [2.05, 4.69) is 27.4 Å². The van der Waals surface area contributed by atoms with Crippen molar-refractivity contribution in [3.8, 4) is 11.1 Å². The average Bonchev–Trinajstić information content (AvgIpc) is 3.56. The number of primary amides is 1. The maximum atomic E-state index is 13.0. The van der Waals surface area contributed by atoms with E-state index in [1.807, 2.05) is 17.6 Å². The van der Waals surface area contributed by atoms with E-state index in [4.69, 9.17) is 5.73 Å². The maximum Gasteiger partial charge on any atom is 0.221 e. The van der Waals surface area contributed by atoms with Crippen LogP contribution in [-0.4, -0.2) is 78.2 Å². The van der Waals surface area contributed by atoms with Gasteiger partial charge in [-0.15, -0.1) is 0 Å². The summed E-state index contributed by atoms with van der Waals surface area (Å²) in [5.41, 5.74) is 10.7. The molecule has 5 rings (SSSR count). The third kappa shape index (κ3) is 6.09. The number of nitrogens with one attached hydrogen (secondary N) is 1. The number of piperidine rings is 2. The van der Waals surface area contributed by atoms with E-state index in [0.29, 0.717) is 19.5 Å². The summed E-state index contributed by atoms with van der Waals surface area (Å²) in [6.07, 6.45) is 5.68. The second-order valence-electron chi connectivity index (χ2n) is 10.4. The molecule has 0 saturated carbocycles. The standard InChI is InChI=1S/C27H36N4O4S2/c28-26(33)16-22-14-21(20-6-12-36-18-20)15-24-25(17-29-27(22)24)19-2-10-31(11-3-19)37(34,35)13-1-7-30-8-4-23(32)5-9-30/h6,12,14-15,17-19,23,29,32H,1-5,7-11,13,16H2,(H2,28,33). The van der Waals surface area contributed by atoms with Gasteiger partial charge in [-0.2, -0.15) is 11.3 Å². The number of hydrogen-bond acceptors (Lipinski definition) is 6. The number of amides is 1. The molecule has 200 valence electrons. The highest BCUT2D eigenvalue weighted by molar-refractivity contribution is 7.89. The van der Waals surface area contributed by atoms with E-state index in [9.17, 15) is 18.3 Å². The summed E-state index contributed by atoms with van der Waals surface area (Å²) >= 11 is 1.64. The van der Waals surface area contributed by atoms with E-state index in [0.717, 1.165) is 72.9 Å². The first kappa shape index (κ1) is 26.4. The van der Waals surface area contributed by atoms with E-state index in [1.165, 1.54) is 5.56 Å². The number of H-pyrrole nitrogens is 1. The number of likely N-dealkylation sites (tertiary alicyclic amines) is 1. The summed E-state index contributed by atoms with van der Waals surface area (Å²) in [6.45, 7) is 3.48. The number of nitrogens with zero attached hydrogens (tertiary/aromatic N) is 2. The molecule has 1 aromatic carbocycles. The van der Waals surface area contributed by atoms with Crippen LogP contribution in [0, 0.1) is 0 Å². The monoisotopic (exact) mass is 544 g/mol. The zero-order chi connectivity index (χ0) is 26.0. The fourth-order valence-corrected chi connectivity index (χ4v) is 7.96. The summed E-state index contributed by atoms with van der Waals surface area (Å²) in [4.78, 5) is 17.4. The zero-order valence-corrected chi connectivity index (χ0v) is 22.7. The molecule has 0 atom stereocenters. The zero-order valence-electron chi connectivity index (χ0n) is 21.1. The second-order valence-corrected chi connectivity index (χ2v) is 13.2. The summed E-state index contributed by atoms with van der Waals surface area (Å²) in [5.74, 6) is 0.0556. The number of fused-ring (bicyclic) bond motifs is 1. The average molecular weight is 545 g/mol. The highest BCUT2D eigenvalue weighted by atomic mass is 32.2. The number of carbonyl (C=O) groups excluding carboxylic acids is 1. The summed E-state index contributed by atoms with van der Waals surface area (Å²) < 4.78 is 27.7. The van der Waals surface area contributed by atoms with Crippen molar-refractivity contribution < 1.29 is 18.3 Å². The molecule has 10 heteroatoms. The van der Waals surface area contributed by atoms with Gasteiger partial charge in [0.1, 0.15) is 0 Å². The SMILES string of the molecule is NC(=O)Cc1cc(-c2ccsc2)cc2c(C3CCN(S(=O)(=O)CCCN4CCC(O)CC4)CC3)c[nH]c12. The predicted molar refractivity (Wildman–Crippen MR) is 148 cm³/mol. The van der Waals surface area contributed by atoms with Crippen LogP contribution in [0.1, 0.15) is 49.1 Å². The highest BCUT2D eigenvalue weighted by Crippen LogP contribution is 2.37. The largest absolute Gasteiger partial charge is 0.393 e. The molecule has 0 spiro atoms. The van der Waals surface area contributed by atoms with Gasteiger partial charge in [0.15, 0.2) is 0 Å². The van der Waals surface area contributed by atoms with Gasteiger partial charge in [-0.3, -0.25) is 4.79 Å². The first-order valence-electron chi connectivity index (χ1n) is 13.1. The van der Waals surface area contributed by atoms with Crippen molar-refractivity contribution in [1.29, 1.82) is 0 Å². The van der Waals surface area contributed by atoms with Crippen LogP contribution >= 0.6 is 11.3 Å². The van der Waals surface area contributed by atoms with Gasteiger partial charge < -0.3 is 20.7 Å². The molecule has 2 aromatic heterocycles. The minimum atomic E-state index is -3.29. The van der Waals surface area contributed by atoms with Gasteiger partial charge in [-0.05, 0) is 95.8 Å². The Kier molecular flexibility index (Phi) is 8.02. The van der Waals surface area contributed by atoms with Crippen LogP contribution in [0.2, 0.25) is 0 Å². The Hall–Kier alpha value is -2.24. The number of rotatable bonds is 9. The molecule has 2 saturated heterocycles. The number of carbonyl (C=O) groups is 1. The first-order chi connectivity index (χ1) is 17.8. The van der Waals surface area contributed by atoms with Crippen LogP contribution in [0.15, 0.2) is 35.2 Å². The van der Waals surface area contributed by atoms with Crippen LogP contribution in [0.3, 0.4) is 0 Å². The molecule has 0 radical (unpaired) electrons. The topological polar surface area (TPSA) is 120 Å². The number of nitrogens with two attached hydrogens (primary N) is 1. The van der Waals surface area contributed by atoms with Gasteiger partial charge in [0.2, 0.25) is 15.9 Å². The lowest BCUT2D eigenvalue weighted by Gasteiger charge is -2.32. The minimum absolute atomic E-state index is 0.170. The van der Waals surface area contributed by atoms with Crippen molar-refractivity contribution >= 4 is 38.2 Å². The molecule has 4 N–H and O–H groups in total. The summed E-state index contributed by atoms with van der Waals surface area (Å²) in [5, 5.41) is 14.9. The number of aromatic amines is 1.